The molecular formula is C17H21N3OS. The normalized spacial score (nSPS) is 18.4. The summed E-state index contributed by atoms with van der Waals surface area (Å²) in [6.45, 7) is 0.851. The number of piperidine rings is 1. The van der Waals surface area contributed by atoms with E-state index in [4.69, 9.17) is 0 Å². The fourth-order valence-corrected chi connectivity index (χ4v) is 3.80. The quantitative estimate of drug-likeness (QED) is 0.813. The second-order valence-electron chi connectivity index (χ2n) is 5.58. The molecule has 1 atom stereocenters. The van der Waals surface area contributed by atoms with Gasteiger partial charge in [0.15, 0.2) is 0 Å². The first-order valence-corrected chi connectivity index (χ1v) is 8.69. The van der Waals surface area contributed by atoms with Gasteiger partial charge in [-0.2, -0.15) is 5.10 Å². The molecule has 0 saturated carbocycles. The summed E-state index contributed by atoms with van der Waals surface area (Å²) in [5.41, 5.74) is 1.14. The number of hydrogen-bond donors (Lipinski definition) is 0. The molecule has 2 heterocycles. The van der Waals surface area contributed by atoms with E-state index >= 15 is 0 Å². The second-order valence-corrected chi connectivity index (χ2v) is 6.63. The maximum Gasteiger partial charge on any atom is 0.233 e. The van der Waals surface area contributed by atoms with Gasteiger partial charge in [0.25, 0.3) is 0 Å². The maximum absolute atomic E-state index is 12.7. The van der Waals surface area contributed by atoms with E-state index in [9.17, 15) is 4.79 Å². The summed E-state index contributed by atoms with van der Waals surface area (Å²) in [4.78, 5) is 15.8. The third-order valence-corrected chi connectivity index (χ3v) is 5.13. The lowest BCUT2D eigenvalue weighted by Crippen LogP contribution is -2.40. The average molecular weight is 315 g/mol. The van der Waals surface area contributed by atoms with E-state index in [0.29, 0.717) is 5.75 Å². The highest BCUT2D eigenvalue weighted by molar-refractivity contribution is 8.00. The number of likely N-dealkylation sites (tertiary alicyclic amines) is 1. The first kappa shape index (κ1) is 15.2. The lowest BCUT2D eigenvalue weighted by atomic mass is 9.99. The van der Waals surface area contributed by atoms with E-state index in [2.05, 4.69) is 5.10 Å². The molecule has 22 heavy (non-hydrogen) atoms. The van der Waals surface area contributed by atoms with E-state index in [0.717, 1.165) is 30.0 Å². The third-order valence-electron chi connectivity index (χ3n) is 4.13. The minimum Gasteiger partial charge on any atom is -0.333 e. The SMILES string of the molecule is Cn1nccc1[C@@H]1CCCCN1C(=O)CSc1ccccc1. The molecule has 1 amide bonds. The number of carbonyl (C=O) groups excluding carboxylic acids is 1. The highest BCUT2D eigenvalue weighted by Gasteiger charge is 2.29. The van der Waals surface area contributed by atoms with Crippen molar-refractivity contribution in [2.45, 2.75) is 30.2 Å². The Bertz CT molecular complexity index is 626. The van der Waals surface area contributed by atoms with Crippen molar-refractivity contribution in [3.63, 3.8) is 0 Å². The van der Waals surface area contributed by atoms with Crippen molar-refractivity contribution < 1.29 is 4.79 Å². The van der Waals surface area contributed by atoms with Crippen molar-refractivity contribution in [3.05, 3.63) is 48.3 Å². The molecule has 0 bridgehead atoms. The number of rotatable bonds is 4. The summed E-state index contributed by atoms with van der Waals surface area (Å²) in [5.74, 6) is 0.720. The summed E-state index contributed by atoms with van der Waals surface area (Å²) >= 11 is 1.61. The highest BCUT2D eigenvalue weighted by atomic mass is 32.2. The zero-order valence-electron chi connectivity index (χ0n) is 12.8. The Balaban J connectivity index is 1.68. The van der Waals surface area contributed by atoms with Gasteiger partial charge in [-0.25, -0.2) is 0 Å². The van der Waals surface area contributed by atoms with Crippen molar-refractivity contribution in [2.75, 3.05) is 12.3 Å². The van der Waals surface area contributed by atoms with Gasteiger partial charge in [0, 0.05) is 24.7 Å². The Morgan fingerprint density at radius 2 is 2.09 bits per heavy atom. The van der Waals surface area contributed by atoms with Crippen LogP contribution in [0.2, 0.25) is 0 Å². The number of hydrogen-bond acceptors (Lipinski definition) is 3. The van der Waals surface area contributed by atoms with Crippen LogP contribution < -0.4 is 0 Å². The smallest absolute Gasteiger partial charge is 0.233 e. The number of nitrogens with zero attached hydrogens (tertiary/aromatic N) is 3. The van der Waals surface area contributed by atoms with Crippen LogP contribution in [0.25, 0.3) is 0 Å². The van der Waals surface area contributed by atoms with Gasteiger partial charge in [-0.1, -0.05) is 18.2 Å². The Morgan fingerprint density at radius 3 is 2.82 bits per heavy atom. The first-order valence-electron chi connectivity index (χ1n) is 7.71. The van der Waals surface area contributed by atoms with Crippen molar-refractivity contribution >= 4 is 17.7 Å². The van der Waals surface area contributed by atoms with Gasteiger partial charge in [-0.05, 0) is 37.5 Å². The minimum absolute atomic E-state index is 0.171. The molecule has 116 valence electrons. The molecule has 1 fully saturated rings. The molecule has 1 aliphatic rings. The van der Waals surface area contributed by atoms with Crippen molar-refractivity contribution in [3.8, 4) is 0 Å². The number of aromatic nitrogens is 2. The summed E-state index contributed by atoms with van der Waals surface area (Å²) < 4.78 is 1.89. The molecule has 1 aromatic carbocycles. The van der Waals surface area contributed by atoms with Crippen LogP contribution in [0.3, 0.4) is 0 Å². The molecule has 1 saturated heterocycles. The van der Waals surface area contributed by atoms with Gasteiger partial charge >= 0.3 is 0 Å². The van der Waals surface area contributed by atoms with Crippen molar-refractivity contribution in [1.29, 1.82) is 0 Å². The zero-order chi connectivity index (χ0) is 15.4. The Labute approximate surface area is 135 Å². The predicted molar refractivity (Wildman–Crippen MR) is 88.7 cm³/mol. The third kappa shape index (κ3) is 3.35. The number of carbonyl (C=O) groups is 1. The monoisotopic (exact) mass is 315 g/mol. The van der Waals surface area contributed by atoms with Gasteiger partial charge in [0.2, 0.25) is 5.91 Å². The van der Waals surface area contributed by atoms with Gasteiger partial charge in [-0.15, -0.1) is 11.8 Å². The Kier molecular flexibility index (Phi) is 4.83. The molecule has 5 heteroatoms. The standard InChI is InChI=1S/C17H21N3OS/c1-19-15(10-11-18-19)16-9-5-6-12-20(16)17(21)13-22-14-7-3-2-4-8-14/h2-4,7-8,10-11,16H,5-6,9,12-13H2,1H3/t16-/m0/s1. The average Bonchev–Trinajstić information content (AvgIpc) is 2.99. The lowest BCUT2D eigenvalue weighted by Gasteiger charge is -2.35. The van der Waals surface area contributed by atoms with Crippen LogP contribution in [0.4, 0.5) is 0 Å². The Morgan fingerprint density at radius 1 is 1.27 bits per heavy atom. The minimum atomic E-state index is 0.171. The predicted octanol–water partition coefficient (Wildman–Crippen LogP) is 3.27. The molecule has 2 aromatic rings. The maximum atomic E-state index is 12.7. The summed E-state index contributed by atoms with van der Waals surface area (Å²) in [6.07, 6.45) is 5.11. The van der Waals surface area contributed by atoms with Crippen LogP contribution in [-0.2, 0) is 11.8 Å². The van der Waals surface area contributed by atoms with E-state index in [1.807, 2.05) is 59.2 Å². The number of thioether (sulfide) groups is 1. The first-order chi connectivity index (χ1) is 10.8. The fraction of sp³-hybridized carbons (Fsp3) is 0.412. The van der Waals surface area contributed by atoms with Gasteiger partial charge in [0.1, 0.15) is 0 Å². The topological polar surface area (TPSA) is 38.1 Å². The van der Waals surface area contributed by atoms with Gasteiger partial charge < -0.3 is 4.90 Å². The fourth-order valence-electron chi connectivity index (χ4n) is 2.99. The van der Waals surface area contributed by atoms with Crippen LogP contribution in [0.5, 0.6) is 0 Å². The summed E-state index contributed by atoms with van der Waals surface area (Å²) in [7, 11) is 1.95. The molecule has 0 unspecified atom stereocenters. The lowest BCUT2D eigenvalue weighted by molar-refractivity contribution is -0.132. The molecule has 1 aliphatic heterocycles. The van der Waals surface area contributed by atoms with Gasteiger partial charge in [0.05, 0.1) is 17.5 Å². The zero-order valence-corrected chi connectivity index (χ0v) is 13.6. The van der Waals surface area contributed by atoms with E-state index in [-0.39, 0.29) is 11.9 Å². The number of aryl methyl sites for hydroxylation is 1. The van der Waals surface area contributed by atoms with Crippen molar-refractivity contribution in [2.24, 2.45) is 7.05 Å². The summed E-state index contributed by atoms with van der Waals surface area (Å²) in [6, 6.07) is 12.3. The van der Waals surface area contributed by atoms with E-state index in [1.165, 1.54) is 6.42 Å². The molecule has 0 radical (unpaired) electrons. The van der Waals surface area contributed by atoms with Crippen molar-refractivity contribution in [1.82, 2.24) is 14.7 Å². The van der Waals surface area contributed by atoms with Crippen LogP contribution in [0.1, 0.15) is 31.0 Å². The number of benzene rings is 1. The van der Waals surface area contributed by atoms with Crippen LogP contribution in [0.15, 0.2) is 47.5 Å². The number of amides is 1. The molecule has 3 rings (SSSR count). The highest BCUT2D eigenvalue weighted by Crippen LogP contribution is 2.31. The second kappa shape index (κ2) is 7.01. The summed E-state index contributed by atoms with van der Waals surface area (Å²) in [5, 5.41) is 4.25. The van der Waals surface area contributed by atoms with E-state index < -0.39 is 0 Å². The molecule has 0 aliphatic carbocycles. The van der Waals surface area contributed by atoms with Crippen LogP contribution in [0, 0.1) is 0 Å². The molecular weight excluding hydrogens is 294 g/mol. The Hall–Kier alpha value is -1.75. The largest absolute Gasteiger partial charge is 0.333 e. The molecule has 0 N–H and O–H groups in total. The molecule has 0 spiro atoms. The molecule has 1 aromatic heterocycles. The van der Waals surface area contributed by atoms with E-state index in [1.54, 1.807) is 11.8 Å². The van der Waals surface area contributed by atoms with Crippen LogP contribution >= 0.6 is 11.8 Å². The van der Waals surface area contributed by atoms with Gasteiger partial charge in [-0.3, -0.25) is 9.48 Å². The van der Waals surface area contributed by atoms with Crippen LogP contribution in [-0.4, -0.2) is 32.9 Å². The molecule has 4 nitrogen and oxygen atoms in total.